The van der Waals surface area contributed by atoms with Crippen molar-refractivity contribution in [2.75, 3.05) is 10.5 Å². The van der Waals surface area contributed by atoms with Gasteiger partial charge in [0.05, 0.1) is 23.4 Å². The molecule has 0 radical (unpaired) electrons. The first kappa shape index (κ1) is 13.4. The largest absolute Gasteiger partial charge is 0.381 e. The van der Waals surface area contributed by atoms with Gasteiger partial charge in [0.25, 0.3) is 10.0 Å². The molecule has 0 amide bonds. The third-order valence-electron chi connectivity index (χ3n) is 2.91. The van der Waals surface area contributed by atoms with Gasteiger partial charge in [0.1, 0.15) is 0 Å². The van der Waals surface area contributed by atoms with E-state index < -0.39 is 10.0 Å². The Hall–Kier alpha value is -2.03. The predicted molar refractivity (Wildman–Crippen MR) is 71.1 cm³/mol. The third kappa shape index (κ3) is 2.16. The van der Waals surface area contributed by atoms with Crippen LogP contribution < -0.4 is 10.5 Å². The Morgan fingerprint density at radius 2 is 1.95 bits per heavy atom. The SMILES string of the molecule is Cc1nn(C)c(C)c1NS(=O)(=O)c1c(N)ncn1C. The van der Waals surface area contributed by atoms with Crippen LogP contribution in [0.4, 0.5) is 11.5 Å². The molecule has 3 N–H and O–H groups in total. The van der Waals surface area contributed by atoms with Crippen LogP contribution in [0.1, 0.15) is 11.4 Å². The summed E-state index contributed by atoms with van der Waals surface area (Å²) < 4.78 is 30.1. The van der Waals surface area contributed by atoms with Gasteiger partial charge in [-0.2, -0.15) is 13.5 Å². The predicted octanol–water partition coefficient (Wildman–Crippen LogP) is 0.153. The molecular formula is C10H16N6O2S. The van der Waals surface area contributed by atoms with Gasteiger partial charge in [-0.3, -0.25) is 9.40 Å². The molecule has 0 spiro atoms. The lowest BCUT2D eigenvalue weighted by Crippen LogP contribution is -2.18. The lowest BCUT2D eigenvalue weighted by molar-refractivity contribution is 0.591. The third-order valence-corrected chi connectivity index (χ3v) is 4.39. The smallest absolute Gasteiger partial charge is 0.281 e. The number of aromatic nitrogens is 4. The Bertz CT molecular complexity index is 708. The maximum Gasteiger partial charge on any atom is 0.281 e. The van der Waals surface area contributed by atoms with E-state index in [2.05, 4.69) is 14.8 Å². The number of nitrogens with one attached hydrogen (secondary N) is 1. The van der Waals surface area contributed by atoms with Gasteiger partial charge in [0.15, 0.2) is 10.8 Å². The van der Waals surface area contributed by atoms with Gasteiger partial charge in [-0.15, -0.1) is 0 Å². The quantitative estimate of drug-likeness (QED) is 0.834. The summed E-state index contributed by atoms with van der Waals surface area (Å²) in [5, 5.41) is 4.10. The summed E-state index contributed by atoms with van der Waals surface area (Å²) in [7, 11) is -0.472. The van der Waals surface area contributed by atoms with Crippen LogP contribution in [-0.4, -0.2) is 27.7 Å². The van der Waals surface area contributed by atoms with E-state index >= 15 is 0 Å². The summed E-state index contributed by atoms with van der Waals surface area (Å²) in [4.78, 5) is 3.77. The second-order valence-electron chi connectivity index (χ2n) is 4.32. The molecule has 0 saturated carbocycles. The molecule has 0 bridgehead atoms. The van der Waals surface area contributed by atoms with Crippen LogP contribution in [0.25, 0.3) is 0 Å². The molecule has 0 aliphatic heterocycles. The number of hydrogen-bond acceptors (Lipinski definition) is 5. The molecule has 9 heteroatoms. The summed E-state index contributed by atoms with van der Waals surface area (Å²) in [6.45, 7) is 3.52. The number of imidazole rings is 1. The Balaban J connectivity index is 2.48. The van der Waals surface area contributed by atoms with E-state index in [4.69, 9.17) is 5.73 Å². The van der Waals surface area contributed by atoms with Crippen molar-refractivity contribution in [1.29, 1.82) is 0 Å². The van der Waals surface area contributed by atoms with E-state index in [9.17, 15) is 8.42 Å². The Labute approximate surface area is 111 Å². The Morgan fingerprint density at radius 1 is 1.32 bits per heavy atom. The van der Waals surface area contributed by atoms with Gasteiger partial charge < -0.3 is 10.3 Å². The minimum absolute atomic E-state index is 0.0332. The Morgan fingerprint density at radius 3 is 2.37 bits per heavy atom. The van der Waals surface area contributed by atoms with E-state index in [1.54, 1.807) is 32.6 Å². The molecule has 0 atom stereocenters. The van der Waals surface area contributed by atoms with Crippen molar-refractivity contribution in [3.63, 3.8) is 0 Å². The normalized spacial score (nSPS) is 11.8. The lowest BCUT2D eigenvalue weighted by atomic mass is 10.3. The average Bonchev–Trinajstić information content (AvgIpc) is 2.74. The summed E-state index contributed by atoms with van der Waals surface area (Å²) in [5.74, 6) is -0.0332. The number of nitrogens with zero attached hydrogens (tertiary/aromatic N) is 4. The zero-order chi connectivity index (χ0) is 14.4. The van der Waals surface area contributed by atoms with Crippen LogP contribution in [0.5, 0.6) is 0 Å². The first-order valence-electron chi connectivity index (χ1n) is 5.54. The van der Waals surface area contributed by atoms with E-state index in [0.717, 1.165) is 5.69 Å². The highest BCUT2D eigenvalue weighted by Crippen LogP contribution is 2.24. The number of hydrogen-bond donors (Lipinski definition) is 2. The van der Waals surface area contributed by atoms with Crippen LogP contribution in [-0.2, 0) is 24.1 Å². The van der Waals surface area contributed by atoms with Crippen molar-refractivity contribution >= 4 is 21.5 Å². The van der Waals surface area contributed by atoms with E-state index in [1.807, 2.05) is 0 Å². The van der Waals surface area contributed by atoms with Gasteiger partial charge >= 0.3 is 0 Å². The van der Waals surface area contributed by atoms with Crippen molar-refractivity contribution < 1.29 is 8.42 Å². The molecule has 104 valence electrons. The molecule has 2 rings (SSSR count). The maximum atomic E-state index is 12.3. The van der Waals surface area contributed by atoms with Gasteiger partial charge in [0.2, 0.25) is 0 Å². The fraction of sp³-hybridized carbons (Fsp3) is 0.400. The number of sulfonamides is 1. The van der Waals surface area contributed by atoms with Gasteiger partial charge in [-0.1, -0.05) is 0 Å². The van der Waals surface area contributed by atoms with Crippen molar-refractivity contribution in [3.05, 3.63) is 17.7 Å². The number of nitrogens with two attached hydrogens (primary N) is 1. The van der Waals surface area contributed by atoms with Crippen molar-refractivity contribution in [1.82, 2.24) is 19.3 Å². The van der Waals surface area contributed by atoms with E-state index in [-0.39, 0.29) is 10.8 Å². The summed E-state index contributed by atoms with van der Waals surface area (Å²) in [5.41, 5.74) is 7.38. The fourth-order valence-corrected chi connectivity index (χ4v) is 3.28. The number of aryl methyl sites for hydroxylation is 3. The molecule has 0 aliphatic rings. The second kappa shape index (κ2) is 4.26. The molecule has 0 fully saturated rings. The molecule has 2 aromatic rings. The van der Waals surface area contributed by atoms with Crippen molar-refractivity contribution in [2.45, 2.75) is 18.9 Å². The second-order valence-corrected chi connectivity index (χ2v) is 5.92. The zero-order valence-corrected chi connectivity index (χ0v) is 12.0. The van der Waals surface area contributed by atoms with Crippen molar-refractivity contribution in [3.8, 4) is 0 Å². The molecule has 8 nitrogen and oxygen atoms in total. The van der Waals surface area contributed by atoms with Gasteiger partial charge in [-0.25, -0.2) is 4.98 Å². The minimum Gasteiger partial charge on any atom is -0.381 e. The number of rotatable bonds is 3. The summed E-state index contributed by atoms with van der Waals surface area (Å²) >= 11 is 0. The van der Waals surface area contributed by atoms with Gasteiger partial charge in [0, 0.05) is 14.1 Å². The first-order valence-corrected chi connectivity index (χ1v) is 7.02. The first-order chi connectivity index (χ1) is 8.74. The highest BCUT2D eigenvalue weighted by atomic mass is 32.2. The molecular weight excluding hydrogens is 268 g/mol. The van der Waals surface area contributed by atoms with Crippen LogP contribution >= 0.6 is 0 Å². The van der Waals surface area contributed by atoms with E-state index in [0.29, 0.717) is 11.4 Å². The number of nitrogen functional groups attached to an aromatic ring is 1. The summed E-state index contributed by atoms with van der Waals surface area (Å²) in [6, 6.07) is 0. The molecule has 2 heterocycles. The number of anilines is 2. The Kier molecular flexibility index (Phi) is 3.01. The highest BCUT2D eigenvalue weighted by molar-refractivity contribution is 7.92. The van der Waals surface area contributed by atoms with E-state index in [1.165, 1.54) is 10.9 Å². The molecule has 0 saturated heterocycles. The monoisotopic (exact) mass is 284 g/mol. The molecule has 2 aromatic heterocycles. The maximum absolute atomic E-state index is 12.3. The molecule has 19 heavy (non-hydrogen) atoms. The van der Waals surface area contributed by atoms with Crippen molar-refractivity contribution in [2.24, 2.45) is 14.1 Å². The fourth-order valence-electron chi connectivity index (χ4n) is 1.87. The van der Waals surface area contributed by atoms with Crippen LogP contribution in [0.2, 0.25) is 0 Å². The highest BCUT2D eigenvalue weighted by Gasteiger charge is 2.25. The van der Waals surface area contributed by atoms with Crippen LogP contribution in [0, 0.1) is 13.8 Å². The standard InChI is InChI=1S/C10H16N6O2S/c1-6-8(7(2)16(4)13-6)14-19(17,18)10-9(11)12-5-15(10)3/h5,14H,11H2,1-4H3. The lowest BCUT2D eigenvalue weighted by Gasteiger charge is -2.09. The molecule has 0 aliphatic carbocycles. The molecule has 0 aromatic carbocycles. The molecule has 0 unspecified atom stereocenters. The minimum atomic E-state index is -3.79. The summed E-state index contributed by atoms with van der Waals surface area (Å²) in [6.07, 6.45) is 1.35. The topological polar surface area (TPSA) is 108 Å². The van der Waals surface area contributed by atoms with Crippen LogP contribution in [0.3, 0.4) is 0 Å². The van der Waals surface area contributed by atoms with Crippen LogP contribution in [0.15, 0.2) is 11.4 Å². The van der Waals surface area contributed by atoms with Gasteiger partial charge in [-0.05, 0) is 13.8 Å². The zero-order valence-electron chi connectivity index (χ0n) is 11.2. The average molecular weight is 284 g/mol.